The second-order valence-electron chi connectivity index (χ2n) is 12.4. The summed E-state index contributed by atoms with van der Waals surface area (Å²) in [5.41, 5.74) is 4.82. The number of esters is 6. The van der Waals surface area contributed by atoms with Crippen LogP contribution >= 0.6 is 11.8 Å². The molecule has 0 aliphatic carbocycles. The van der Waals surface area contributed by atoms with Gasteiger partial charge in [0.05, 0.1) is 17.6 Å². The van der Waals surface area contributed by atoms with E-state index in [2.05, 4.69) is 10.0 Å². The highest BCUT2D eigenvalue weighted by molar-refractivity contribution is 8.00. The van der Waals surface area contributed by atoms with E-state index >= 15 is 0 Å². The Kier molecular flexibility index (Phi) is 15.3. The van der Waals surface area contributed by atoms with Gasteiger partial charge in [0.1, 0.15) is 66.2 Å². The molecule has 0 N–H and O–H groups in total. The van der Waals surface area contributed by atoms with Crippen molar-refractivity contribution < 1.29 is 84.6 Å². The Morgan fingerprint density at radius 3 is 1.79 bits per heavy atom. The molecular formula is C34H37F2N3O17S. The van der Waals surface area contributed by atoms with Crippen LogP contribution in [0.25, 0.3) is 21.4 Å². The highest BCUT2D eigenvalue weighted by Gasteiger charge is 2.56. The molecule has 310 valence electrons. The smallest absolute Gasteiger partial charge is 0.341 e. The van der Waals surface area contributed by atoms with Crippen LogP contribution in [0.15, 0.2) is 32.5 Å². The van der Waals surface area contributed by atoms with Gasteiger partial charge in [0, 0.05) is 46.5 Å². The first-order valence-electron chi connectivity index (χ1n) is 16.9. The summed E-state index contributed by atoms with van der Waals surface area (Å²) in [6.45, 7) is 4.32. The molecule has 1 aromatic heterocycles. The Bertz CT molecular complexity index is 1980. The second kappa shape index (κ2) is 19.7. The predicted octanol–water partition coefficient (Wildman–Crippen LogP) is 2.67. The molecule has 0 spiro atoms. The fraction of sp³-hybridized carbons (Fsp3) is 0.559. The molecule has 2 fully saturated rings. The Hall–Kier alpha value is -5.35. The topological polar surface area (TPSA) is 264 Å². The molecular weight excluding hydrogens is 792 g/mol. The molecule has 57 heavy (non-hydrogen) atoms. The van der Waals surface area contributed by atoms with Gasteiger partial charge in [-0.3, -0.25) is 28.8 Å². The minimum absolute atomic E-state index is 0.279. The molecule has 0 bridgehead atoms. The Morgan fingerprint density at radius 1 is 0.737 bits per heavy atom. The minimum Gasteiger partial charge on any atom is -0.463 e. The third kappa shape index (κ3) is 11.6. The molecule has 2 saturated heterocycles. The summed E-state index contributed by atoms with van der Waals surface area (Å²) in [6.07, 6.45) is -10.7. The van der Waals surface area contributed by atoms with Gasteiger partial charge in [0.25, 0.3) is 0 Å². The molecule has 0 radical (unpaired) electrons. The number of carbonyl (C=O) groups excluding carboxylic acids is 6. The average Bonchev–Trinajstić information content (AvgIpc) is 3.11. The second-order valence-corrected chi connectivity index (χ2v) is 13.6. The largest absolute Gasteiger partial charge is 0.463 e. The first kappa shape index (κ1) is 44.4. The Labute approximate surface area is 325 Å². The Balaban J connectivity index is 1.83. The van der Waals surface area contributed by atoms with Gasteiger partial charge in [0.2, 0.25) is 0 Å². The van der Waals surface area contributed by atoms with Gasteiger partial charge in [-0.25, -0.2) is 13.6 Å². The van der Waals surface area contributed by atoms with E-state index in [1.165, 1.54) is 0 Å². The number of rotatable bonds is 14. The molecule has 2 aromatic rings. The number of halogens is 2. The summed E-state index contributed by atoms with van der Waals surface area (Å²) in [5.74, 6) is -7.76. The van der Waals surface area contributed by atoms with Crippen molar-refractivity contribution in [2.45, 2.75) is 108 Å². The minimum atomic E-state index is -1.65. The van der Waals surface area contributed by atoms with Gasteiger partial charge in [0.15, 0.2) is 23.8 Å². The van der Waals surface area contributed by atoms with E-state index in [0.29, 0.717) is 11.8 Å². The van der Waals surface area contributed by atoms with E-state index in [-0.39, 0.29) is 11.1 Å². The summed E-state index contributed by atoms with van der Waals surface area (Å²) in [5, 5.41) is 3.29. The van der Waals surface area contributed by atoms with Gasteiger partial charge in [-0.15, -0.1) is 0 Å². The normalized spacial score (nSPS) is 26.9. The summed E-state index contributed by atoms with van der Waals surface area (Å²) < 4.78 is 84.7. The van der Waals surface area contributed by atoms with Crippen LogP contribution in [-0.4, -0.2) is 109 Å². The molecule has 4 rings (SSSR count). The summed E-state index contributed by atoms with van der Waals surface area (Å²) in [6, 6.07) is 1.25. The van der Waals surface area contributed by atoms with Gasteiger partial charge in [-0.1, -0.05) is 16.9 Å². The Morgan fingerprint density at radius 2 is 1.25 bits per heavy atom. The van der Waals surface area contributed by atoms with Crippen LogP contribution in [0, 0.1) is 11.6 Å². The molecule has 2 aliphatic rings. The third-order valence-corrected chi connectivity index (χ3v) is 9.37. The molecule has 0 saturated carbocycles. The predicted molar refractivity (Wildman–Crippen MR) is 184 cm³/mol. The summed E-state index contributed by atoms with van der Waals surface area (Å²) in [4.78, 5) is 89.1. The highest BCUT2D eigenvalue weighted by atomic mass is 32.2. The lowest BCUT2D eigenvalue weighted by atomic mass is 9.97. The highest BCUT2D eigenvalue weighted by Crippen LogP contribution is 2.42. The van der Waals surface area contributed by atoms with Gasteiger partial charge < -0.3 is 47.0 Å². The van der Waals surface area contributed by atoms with Crippen LogP contribution in [0.1, 0.15) is 47.1 Å². The van der Waals surface area contributed by atoms with Crippen LogP contribution in [0.3, 0.4) is 0 Å². The van der Waals surface area contributed by atoms with Crippen molar-refractivity contribution in [1.82, 2.24) is 0 Å². The molecule has 0 amide bonds. The number of ether oxygens (including phenoxy) is 9. The summed E-state index contributed by atoms with van der Waals surface area (Å²) >= 11 is 0.628. The van der Waals surface area contributed by atoms with E-state index in [4.69, 9.17) is 47.0 Å². The van der Waals surface area contributed by atoms with Crippen LogP contribution in [0.5, 0.6) is 0 Å². The number of hydrogen-bond donors (Lipinski definition) is 0. The van der Waals surface area contributed by atoms with E-state index in [1.807, 2.05) is 0 Å². The van der Waals surface area contributed by atoms with Gasteiger partial charge in [-0.05, 0) is 23.7 Å². The van der Waals surface area contributed by atoms with Crippen LogP contribution in [0.4, 0.5) is 8.78 Å². The lowest BCUT2D eigenvalue weighted by Gasteiger charge is -2.48. The monoisotopic (exact) mass is 829 g/mol. The lowest BCUT2D eigenvalue weighted by Crippen LogP contribution is -2.63. The number of hydrogen-bond acceptors (Lipinski definition) is 19. The van der Waals surface area contributed by atoms with Crippen molar-refractivity contribution in [3.05, 3.63) is 56.3 Å². The van der Waals surface area contributed by atoms with Crippen molar-refractivity contribution in [3.63, 3.8) is 0 Å². The average molecular weight is 830 g/mol. The maximum absolute atomic E-state index is 14.7. The SMILES string of the molecule is CC(=O)OCC1O[C@@H](S[C@@H]2O[C@H](COC(C)=O)C(OC(C)=O)C(OCc3cc4c(F)c(F)ccc4oc3=O)[C@H]2OC(C)=O)C(OC(C)=O)C(N=[N+]=[N-])[C@H]1OC(C)=O. The van der Waals surface area contributed by atoms with Crippen molar-refractivity contribution in [3.8, 4) is 0 Å². The number of nitrogens with zero attached hydrogens (tertiary/aromatic N) is 3. The van der Waals surface area contributed by atoms with Crippen molar-refractivity contribution in [1.29, 1.82) is 0 Å². The molecule has 1 aromatic carbocycles. The zero-order valence-electron chi connectivity index (χ0n) is 31.1. The van der Waals surface area contributed by atoms with Crippen molar-refractivity contribution >= 4 is 58.5 Å². The zero-order valence-corrected chi connectivity index (χ0v) is 31.9. The molecule has 20 nitrogen and oxygen atoms in total. The zero-order chi connectivity index (χ0) is 42.1. The fourth-order valence-corrected chi connectivity index (χ4v) is 7.35. The van der Waals surface area contributed by atoms with Crippen LogP contribution in [-0.2, 0) is 78.0 Å². The molecule has 23 heteroatoms. The molecule has 2 aliphatic heterocycles. The summed E-state index contributed by atoms with van der Waals surface area (Å²) in [7, 11) is 0. The van der Waals surface area contributed by atoms with E-state index < -0.39 is 138 Å². The van der Waals surface area contributed by atoms with Crippen LogP contribution < -0.4 is 5.63 Å². The van der Waals surface area contributed by atoms with Gasteiger partial charge >= 0.3 is 41.4 Å². The van der Waals surface area contributed by atoms with E-state index in [1.54, 1.807) is 0 Å². The van der Waals surface area contributed by atoms with Gasteiger partial charge in [-0.2, -0.15) is 0 Å². The maximum atomic E-state index is 14.7. The number of benzene rings is 1. The molecule has 5 unspecified atom stereocenters. The first-order valence-corrected chi connectivity index (χ1v) is 17.8. The molecule has 3 heterocycles. The number of thioether (sulfide) groups is 1. The number of carbonyl (C=O) groups is 6. The van der Waals surface area contributed by atoms with Crippen molar-refractivity contribution in [2.75, 3.05) is 13.2 Å². The number of fused-ring (bicyclic) bond motifs is 1. The lowest BCUT2D eigenvalue weighted by molar-refractivity contribution is -0.242. The third-order valence-electron chi connectivity index (χ3n) is 8.08. The molecule has 10 atom stereocenters. The standard InChI is InChI=1S/C34H37F2N3O17S/c1-13(40)47-11-23-27(50-15(3)42)26(38-39-37)29(52-17(5)44)33(55-23)57-34-31(53-18(6)45)30(28(51-16(4)43)24(56-34)12-48-14(2)41)49-10-19-9-20-22(54-32(19)46)8-7-21(35)25(20)36/h7-9,23-24,26-31,33-34H,10-12H2,1-6H3/t23?,24-,26?,27+,28?,29?,30?,31-,33+,34+/m1/s1. The quantitative estimate of drug-likeness (QED) is 0.0661. The first-order chi connectivity index (χ1) is 26.9. The van der Waals surface area contributed by atoms with E-state index in [9.17, 15) is 47.9 Å². The van der Waals surface area contributed by atoms with Crippen molar-refractivity contribution in [2.24, 2.45) is 5.11 Å². The maximum Gasteiger partial charge on any atom is 0.341 e. The van der Waals surface area contributed by atoms with Crippen LogP contribution in [0.2, 0.25) is 0 Å². The fourth-order valence-electron chi connectivity index (χ4n) is 5.93. The number of azide groups is 1. The van der Waals surface area contributed by atoms with E-state index in [0.717, 1.165) is 59.7 Å².